The van der Waals surface area contributed by atoms with Gasteiger partial charge in [0.15, 0.2) is 5.69 Å². The van der Waals surface area contributed by atoms with Crippen LogP contribution < -0.4 is 32.2 Å². The molecule has 3 aromatic heterocycles. The molecule has 356 valence electrons. The van der Waals surface area contributed by atoms with Gasteiger partial charge in [-0.25, -0.2) is 23.2 Å². The van der Waals surface area contributed by atoms with Crippen LogP contribution in [0.3, 0.4) is 0 Å². The summed E-state index contributed by atoms with van der Waals surface area (Å²) in [7, 11) is 6.43. The molecule has 70 heavy (non-hydrogen) atoms. The lowest BCUT2D eigenvalue weighted by atomic mass is 9.92. The third-order valence-corrected chi connectivity index (χ3v) is 13.5. The van der Waals surface area contributed by atoms with E-state index in [2.05, 4.69) is 48.1 Å². The van der Waals surface area contributed by atoms with Crippen molar-refractivity contribution in [3.05, 3.63) is 147 Å². The van der Waals surface area contributed by atoms with Gasteiger partial charge in [-0.1, -0.05) is 42.5 Å². The van der Waals surface area contributed by atoms with E-state index < -0.39 is 23.7 Å². The highest BCUT2D eigenvalue weighted by Gasteiger charge is 2.33. The Morgan fingerprint density at radius 1 is 0.786 bits per heavy atom. The third-order valence-electron chi connectivity index (χ3n) is 13.5. The Kier molecular flexibility index (Phi) is 11.8. The number of halogens is 1. The number of nitrogens with zero attached hydrogens (tertiary/aromatic N) is 9. The Morgan fingerprint density at radius 2 is 1.54 bits per heavy atom. The van der Waals surface area contributed by atoms with Crippen molar-refractivity contribution in [2.45, 2.75) is 25.3 Å². The monoisotopic (exact) mass is 944 g/mol. The van der Waals surface area contributed by atoms with Crippen LogP contribution in [-0.4, -0.2) is 102 Å². The average Bonchev–Trinajstić information content (AvgIpc) is 3.99. The van der Waals surface area contributed by atoms with E-state index in [-0.39, 0.29) is 52.7 Å². The number of para-hydroxylation sites is 1. The molecule has 5 heterocycles. The van der Waals surface area contributed by atoms with E-state index >= 15 is 4.39 Å². The number of nitrogens with one attached hydrogen (secondary N) is 3. The molecule has 4 amide bonds. The van der Waals surface area contributed by atoms with E-state index in [1.165, 1.54) is 37.9 Å². The number of piperidine rings is 1. The van der Waals surface area contributed by atoms with E-state index in [4.69, 9.17) is 0 Å². The van der Waals surface area contributed by atoms with Crippen LogP contribution in [0.1, 0.15) is 45.3 Å². The number of anilines is 2. The van der Waals surface area contributed by atoms with Gasteiger partial charge in [0, 0.05) is 84.1 Å². The number of imide groups is 1. The van der Waals surface area contributed by atoms with E-state index in [1.54, 1.807) is 68.2 Å². The molecule has 19 heteroatoms. The Balaban J connectivity index is 0.889. The Bertz CT molecular complexity index is 3540. The van der Waals surface area contributed by atoms with E-state index in [1.807, 2.05) is 36.4 Å². The van der Waals surface area contributed by atoms with E-state index in [0.717, 1.165) is 61.5 Å². The second kappa shape index (κ2) is 18.2. The number of amides is 4. The number of hydrogen-bond acceptors (Lipinski definition) is 10. The van der Waals surface area contributed by atoms with Gasteiger partial charge in [0.1, 0.15) is 18.2 Å². The Hall–Kier alpha value is -8.45. The molecule has 10 rings (SSSR count). The fraction of sp³-hybridized carbons (Fsp3) is 0.255. The summed E-state index contributed by atoms with van der Waals surface area (Å²) in [6.07, 6.45) is 2.65. The van der Waals surface area contributed by atoms with Gasteiger partial charge in [-0.3, -0.25) is 43.2 Å². The number of rotatable bonds is 11. The molecular weight excluding hydrogens is 896 g/mol. The second-order valence-electron chi connectivity index (χ2n) is 17.6. The number of benzene rings is 5. The molecule has 3 N–H and O–H groups in total. The third kappa shape index (κ3) is 8.12. The summed E-state index contributed by atoms with van der Waals surface area (Å²) in [5, 5.41) is 16.3. The molecule has 8 aromatic rings. The maximum Gasteiger partial charge on any atom is 0.350 e. The predicted octanol–water partition coefficient (Wildman–Crippen LogP) is 4.54. The van der Waals surface area contributed by atoms with Gasteiger partial charge in [0.25, 0.3) is 11.8 Å². The molecule has 1 atom stereocenters. The van der Waals surface area contributed by atoms with Crippen molar-refractivity contribution in [3.8, 4) is 27.9 Å². The average molecular weight is 945 g/mol. The first-order chi connectivity index (χ1) is 33.8. The molecule has 1 unspecified atom stereocenters. The Morgan fingerprint density at radius 3 is 2.27 bits per heavy atom. The number of hydrogen-bond donors (Lipinski definition) is 3. The molecular formula is C51H49FN12O6. The number of imidazole rings is 1. The summed E-state index contributed by atoms with van der Waals surface area (Å²) in [6, 6.07) is 28.2. The second-order valence-corrected chi connectivity index (χ2v) is 17.6. The quantitative estimate of drug-likeness (QED) is 0.155. The number of carbonyl (C=O) groups is 4. The minimum Gasteiger partial charge on any atom is -0.367 e. The summed E-state index contributed by atoms with van der Waals surface area (Å²) in [6.45, 7) is 3.85. The van der Waals surface area contributed by atoms with Gasteiger partial charge < -0.3 is 15.5 Å². The smallest absolute Gasteiger partial charge is 0.350 e. The highest BCUT2D eigenvalue weighted by molar-refractivity contribution is 6.12. The summed E-state index contributed by atoms with van der Waals surface area (Å²) >= 11 is 0. The zero-order valence-electron chi connectivity index (χ0n) is 38.9. The van der Waals surface area contributed by atoms with Crippen LogP contribution in [0.25, 0.3) is 49.9 Å². The molecule has 0 saturated carbocycles. The zero-order chi connectivity index (χ0) is 49.0. The minimum absolute atomic E-state index is 0.0289. The molecule has 2 aliphatic rings. The van der Waals surface area contributed by atoms with Crippen molar-refractivity contribution in [3.63, 3.8) is 0 Å². The van der Waals surface area contributed by atoms with Crippen LogP contribution in [0.5, 0.6) is 0 Å². The van der Waals surface area contributed by atoms with Crippen molar-refractivity contribution in [2.24, 2.45) is 21.1 Å². The zero-order valence-corrected chi connectivity index (χ0v) is 38.9. The predicted molar refractivity (Wildman–Crippen MR) is 263 cm³/mol. The normalized spacial score (nSPS) is 15.4. The largest absolute Gasteiger partial charge is 0.367 e. The molecule has 5 aromatic carbocycles. The molecule has 2 aliphatic heterocycles. The molecule has 18 nitrogen and oxygen atoms in total. The highest BCUT2D eigenvalue weighted by Crippen LogP contribution is 2.39. The maximum absolute atomic E-state index is 17.2. The van der Waals surface area contributed by atoms with Gasteiger partial charge in [-0.05, 0) is 89.7 Å². The minimum atomic E-state index is -0.754. The molecule has 0 aliphatic carbocycles. The summed E-state index contributed by atoms with van der Waals surface area (Å²) < 4.78 is 24.4. The van der Waals surface area contributed by atoms with Gasteiger partial charge >= 0.3 is 11.4 Å². The van der Waals surface area contributed by atoms with Crippen LogP contribution in [0, 0.1) is 5.82 Å². The van der Waals surface area contributed by atoms with Gasteiger partial charge in [-0.2, -0.15) is 10.2 Å². The molecule has 0 radical (unpaired) electrons. The summed E-state index contributed by atoms with van der Waals surface area (Å²) in [5.74, 6) is -2.41. The molecule has 0 spiro atoms. The number of fused-ring (bicyclic) bond motifs is 2. The lowest BCUT2D eigenvalue weighted by Crippen LogP contribution is -2.47. The fourth-order valence-electron chi connectivity index (χ4n) is 9.72. The first-order valence-corrected chi connectivity index (χ1v) is 22.9. The van der Waals surface area contributed by atoms with Gasteiger partial charge in [0.2, 0.25) is 11.8 Å². The number of aryl methyl sites for hydroxylation is 3. The fourth-order valence-corrected chi connectivity index (χ4v) is 9.72. The SMILES string of the molecule is CNC(=O)c1cccc(NC(=O)c2nn(C)c3ccc(-c4ccc(-n5cnn(C)c5=O)cc4-c4ccc(CCN5CCN(c6cccc7c6n(C)c(=O)n7C6CCC(=O)NC6=O)CC5)cc4)c(F)c23)c1. The van der Waals surface area contributed by atoms with Crippen LogP contribution in [-0.2, 0) is 37.2 Å². The van der Waals surface area contributed by atoms with Gasteiger partial charge in [0.05, 0.1) is 33.3 Å². The number of piperazine rings is 1. The standard InChI is InChI=1S/C51H49FN12O6/c1-53-47(66)32-7-5-8-33(27-32)55-49(68)45-43-38(59(3)57-45)18-17-36(44(43)52)35-16-15-34(63-29-54-60(4)51(63)70)28-37(35)31-13-11-30(12-14-31)21-22-61-23-25-62(26-24-61)39-9-6-10-40-46(39)58(2)50(69)64(40)41-19-20-42(65)56-48(41)67/h5-18,27-29,41H,19-26H2,1-4H3,(H,53,66)(H,55,68)(H,56,65,67). The van der Waals surface area contributed by atoms with Crippen LogP contribution >= 0.6 is 0 Å². The highest BCUT2D eigenvalue weighted by atomic mass is 19.1. The Labute approximate surface area is 399 Å². The van der Waals surface area contributed by atoms with Crippen molar-refractivity contribution in [1.82, 2.24) is 48.8 Å². The van der Waals surface area contributed by atoms with Crippen LogP contribution in [0.2, 0.25) is 0 Å². The van der Waals surface area contributed by atoms with Gasteiger partial charge in [-0.15, -0.1) is 0 Å². The van der Waals surface area contributed by atoms with E-state index in [0.29, 0.717) is 39.1 Å². The van der Waals surface area contributed by atoms with Crippen molar-refractivity contribution in [2.75, 3.05) is 50.0 Å². The van der Waals surface area contributed by atoms with E-state index in [9.17, 15) is 28.8 Å². The summed E-state index contributed by atoms with van der Waals surface area (Å²) in [5.41, 5.74) is 6.47. The lowest BCUT2D eigenvalue weighted by molar-refractivity contribution is -0.135. The van der Waals surface area contributed by atoms with Crippen LogP contribution in [0.4, 0.5) is 15.8 Å². The first kappa shape index (κ1) is 45.3. The molecule has 2 saturated heterocycles. The number of carbonyl (C=O) groups excluding carboxylic acids is 4. The van der Waals surface area contributed by atoms with Crippen molar-refractivity contribution in [1.29, 1.82) is 0 Å². The molecule has 2 fully saturated rings. The molecule has 0 bridgehead atoms. The van der Waals surface area contributed by atoms with Crippen molar-refractivity contribution < 1.29 is 23.6 Å². The van der Waals surface area contributed by atoms with Crippen LogP contribution in [0.15, 0.2) is 113 Å². The first-order valence-electron chi connectivity index (χ1n) is 22.9. The maximum atomic E-state index is 17.2. The van der Waals surface area contributed by atoms with Crippen molar-refractivity contribution >= 4 is 56.9 Å². The summed E-state index contributed by atoms with van der Waals surface area (Å²) in [4.78, 5) is 82.0. The number of aromatic nitrogens is 7. The topological polar surface area (TPSA) is 195 Å². The lowest BCUT2D eigenvalue weighted by Gasteiger charge is -2.36.